The van der Waals surface area contributed by atoms with Gasteiger partial charge < -0.3 is 4.74 Å². The van der Waals surface area contributed by atoms with Crippen LogP contribution in [0.3, 0.4) is 0 Å². The number of carbonyl (C=O) groups excluding carboxylic acids is 1. The molecule has 1 atom stereocenters. The van der Waals surface area contributed by atoms with Gasteiger partial charge in [-0.2, -0.15) is 0 Å². The Morgan fingerprint density at radius 3 is 2.59 bits per heavy atom. The maximum Gasteiger partial charge on any atom is 0.330 e. The summed E-state index contributed by atoms with van der Waals surface area (Å²) >= 11 is 1.46. The molecule has 27 heavy (non-hydrogen) atoms. The number of hydrogen-bond acceptors (Lipinski definition) is 7. The van der Waals surface area contributed by atoms with Crippen LogP contribution in [-0.2, 0) is 9.53 Å². The van der Waals surface area contributed by atoms with Crippen LogP contribution in [0.15, 0.2) is 14.6 Å². The van der Waals surface area contributed by atoms with Crippen LogP contribution in [0.4, 0.5) is 0 Å². The first kappa shape index (κ1) is 17.0. The molecular weight excluding hydrogens is 368 g/mol. The molecule has 1 N–H and O–H groups in total. The summed E-state index contributed by atoms with van der Waals surface area (Å²) in [6.45, 7) is 0.490. The van der Waals surface area contributed by atoms with Crippen molar-refractivity contribution in [2.24, 2.45) is 5.92 Å². The topological polar surface area (TPSA) is 107 Å². The number of nitrogens with one attached hydrogen (secondary N) is 1. The Morgan fingerprint density at radius 1 is 1.11 bits per heavy atom. The third-order valence-corrected chi connectivity index (χ3v) is 6.38. The lowest BCUT2D eigenvalue weighted by Gasteiger charge is -2.12. The number of thioether (sulfide) groups is 1. The molecule has 0 bridgehead atoms. The molecule has 3 fully saturated rings. The number of esters is 1. The van der Waals surface area contributed by atoms with Crippen LogP contribution in [0.2, 0.25) is 0 Å². The van der Waals surface area contributed by atoms with Gasteiger partial charge in [-0.25, -0.2) is 14.8 Å². The van der Waals surface area contributed by atoms with Crippen molar-refractivity contribution in [2.75, 3.05) is 12.4 Å². The van der Waals surface area contributed by atoms with Gasteiger partial charge in [-0.05, 0) is 38.5 Å². The number of carbonyl (C=O) groups is 1. The smallest absolute Gasteiger partial charge is 0.330 e. The first-order chi connectivity index (χ1) is 13.1. The largest absolute Gasteiger partial charge is 0.465 e. The second-order valence-corrected chi connectivity index (χ2v) is 8.59. The van der Waals surface area contributed by atoms with Crippen LogP contribution in [0.25, 0.3) is 11.0 Å². The highest BCUT2D eigenvalue weighted by Gasteiger charge is 2.32. The van der Waals surface area contributed by atoms with Gasteiger partial charge in [0, 0.05) is 17.7 Å². The molecule has 5 rings (SSSR count). The van der Waals surface area contributed by atoms with E-state index < -0.39 is 5.56 Å². The van der Waals surface area contributed by atoms with Crippen LogP contribution in [0.1, 0.15) is 56.3 Å². The van der Waals surface area contributed by atoms with Gasteiger partial charge in [0.1, 0.15) is 16.2 Å². The van der Waals surface area contributed by atoms with Gasteiger partial charge in [-0.3, -0.25) is 19.1 Å². The van der Waals surface area contributed by atoms with E-state index in [1.165, 1.54) is 11.8 Å². The molecule has 0 radical (unpaired) electrons. The molecule has 2 saturated carbocycles. The van der Waals surface area contributed by atoms with Crippen molar-refractivity contribution in [1.29, 1.82) is 0 Å². The zero-order valence-electron chi connectivity index (χ0n) is 14.8. The number of rotatable bonds is 6. The quantitative estimate of drug-likeness (QED) is 0.456. The van der Waals surface area contributed by atoms with Crippen LogP contribution >= 0.6 is 11.8 Å². The lowest BCUT2D eigenvalue weighted by atomic mass is 10.1. The molecule has 3 heterocycles. The zero-order chi connectivity index (χ0) is 18.5. The zero-order valence-corrected chi connectivity index (χ0v) is 15.6. The maximum atomic E-state index is 12.5. The molecule has 9 heteroatoms. The van der Waals surface area contributed by atoms with Gasteiger partial charge in [0.25, 0.3) is 5.56 Å². The molecule has 2 aliphatic carbocycles. The van der Waals surface area contributed by atoms with Gasteiger partial charge in [-0.15, -0.1) is 11.8 Å². The number of aromatic amines is 1. The summed E-state index contributed by atoms with van der Waals surface area (Å²) in [7, 11) is 0. The molecule has 1 saturated heterocycles. The molecule has 1 unspecified atom stereocenters. The first-order valence-electron chi connectivity index (χ1n) is 9.47. The normalized spacial score (nSPS) is 22.4. The Balaban J connectivity index is 1.53. The van der Waals surface area contributed by atoms with E-state index in [0.29, 0.717) is 40.8 Å². The van der Waals surface area contributed by atoms with Gasteiger partial charge in [0.2, 0.25) is 0 Å². The molecular formula is C18H20N4O4S. The number of cyclic esters (lactones) is 1. The van der Waals surface area contributed by atoms with E-state index in [1.807, 2.05) is 0 Å². The van der Waals surface area contributed by atoms with Crippen molar-refractivity contribution in [3.63, 3.8) is 0 Å². The average molecular weight is 388 g/mol. The van der Waals surface area contributed by atoms with Gasteiger partial charge in [0.15, 0.2) is 5.65 Å². The predicted molar refractivity (Wildman–Crippen MR) is 99.1 cm³/mol. The van der Waals surface area contributed by atoms with Crippen molar-refractivity contribution < 1.29 is 9.53 Å². The number of aromatic nitrogens is 4. The second-order valence-electron chi connectivity index (χ2n) is 7.51. The lowest BCUT2D eigenvalue weighted by Crippen LogP contribution is -2.31. The van der Waals surface area contributed by atoms with E-state index in [9.17, 15) is 14.4 Å². The molecule has 3 aliphatic rings. The van der Waals surface area contributed by atoms with Crippen molar-refractivity contribution >= 4 is 28.8 Å². The van der Waals surface area contributed by atoms with Crippen molar-refractivity contribution in [2.45, 2.75) is 55.5 Å². The van der Waals surface area contributed by atoms with Crippen molar-refractivity contribution in [3.8, 4) is 0 Å². The van der Waals surface area contributed by atoms with Crippen LogP contribution < -0.4 is 11.2 Å². The third kappa shape index (κ3) is 3.18. The number of H-pyrrole nitrogens is 1. The summed E-state index contributed by atoms with van der Waals surface area (Å²) in [4.78, 5) is 48.3. The van der Waals surface area contributed by atoms with E-state index in [0.717, 1.165) is 37.9 Å². The summed E-state index contributed by atoms with van der Waals surface area (Å²) in [6.07, 6.45) is 5.37. The summed E-state index contributed by atoms with van der Waals surface area (Å²) in [6, 6.07) is 0.116. The molecule has 0 amide bonds. The fourth-order valence-electron chi connectivity index (χ4n) is 3.53. The predicted octanol–water partition coefficient (Wildman–Crippen LogP) is 1.74. The van der Waals surface area contributed by atoms with Crippen molar-refractivity contribution in [1.82, 2.24) is 19.5 Å². The molecule has 2 aromatic heterocycles. The van der Waals surface area contributed by atoms with Crippen LogP contribution in [0, 0.1) is 5.92 Å². The van der Waals surface area contributed by atoms with Gasteiger partial charge >= 0.3 is 11.7 Å². The molecule has 8 nitrogen and oxygen atoms in total. The number of fused-ring (bicyclic) bond motifs is 1. The van der Waals surface area contributed by atoms with E-state index in [2.05, 4.69) is 15.0 Å². The average Bonchev–Trinajstić information content (AvgIpc) is 3.54. The minimum absolute atomic E-state index is 0.0727. The number of nitrogens with zero attached hydrogens (tertiary/aromatic N) is 3. The fourth-order valence-corrected chi connectivity index (χ4v) is 4.61. The Morgan fingerprint density at radius 2 is 1.93 bits per heavy atom. The highest BCUT2D eigenvalue weighted by Crippen LogP contribution is 2.41. The maximum absolute atomic E-state index is 12.5. The highest BCUT2D eigenvalue weighted by molar-refractivity contribution is 7.99. The molecule has 2 aromatic rings. The fraction of sp³-hybridized carbons (Fsp3) is 0.611. The monoisotopic (exact) mass is 388 g/mol. The summed E-state index contributed by atoms with van der Waals surface area (Å²) < 4.78 is 6.64. The van der Waals surface area contributed by atoms with E-state index in [-0.39, 0.29) is 23.6 Å². The standard InChI is InChI=1S/C18H20N4O4S/c23-15-12-14(22(11-3-4-11)18(25)21-15)19-13(9-1-2-9)20-16(12)27-8-6-10-5-7-26-17(10)24/h9-11H,1-8H2,(H,21,23,25). The summed E-state index contributed by atoms with van der Waals surface area (Å²) in [5, 5.41) is 1.01. The molecule has 0 spiro atoms. The molecule has 0 aromatic carbocycles. The first-order valence-corrected chi connectivity index (χ1v) is 10.5. The molecule has 1 aliphatic heterocycles. The second kappa shape index (κ2) is 6.47. The Kier molecular flexibility index (Phi) is 4.07. The summed E-state index contributed by atoms with van der Waals surface area (Å²) in [5.41, 5.74) is -0.358. The Labute approximate surface area is 158 Å². The number of hydrogen-bond donors (Lipinski definition) is 1. The van der Waals surface area contributed by atoms with E-state index in [1.54, 1.807) is 4.57 Å². The van der Waals surface area contributed by atoms with Crippen LogP contribution in [-0.4, -0.2) is 37.8 Å². The van der Waals surface area contributed by atoms with E-state index in [4.69, 9.17) is 4.74 Å². The SMILES string of the molecule is O=C1OCCC1CCSc1nc(C2CC2)nc2c1c(=O)[nH]c(=O)n2C1CC1. The van der Waals surface area contributed by atoms with E-state index >= 15 is 0 Å². The Bertz CT molecular complexity index is 1040. The minimum atomic E-state index is -0.433. The lowest BCUT2D eigenvalue weighted by molar-refractivity contribution is -0.141. The number of ether oxygens (including phenoxy) is 1. The van der Waals surface area contributed by atoms with Gasteiger partial charge in [0.05, 0.1) is 12.5 Å². The minimum Gasteiger partial charge on any atom is -0.465 e. The Hall–Kier alpha value is -2.16. The van der Waals surface area contributed by atoms with Crippen LogP contribution in [0.5, 0.6) is 0 Å². The third-order valence-electron chi connectivity index (χ3n) is 5.37. The molecule has 142 valence electrons. The highest BCUT2D eigenvalue weighted by atomic mass is 32.2. The van der Waals surface area contributed by atoms with Gasteiger partial charge in [-0.1, -0.05) is 0 Å². The summed E-state index contributed by atoms with van der Waals surface area (Å²) in [5.74, 6) is 1.50. The van der Waals surface area contributed by atoms with Crippen molar-refractivity contribution in [3.05, 3.63) is 26.7 Å².